The average Bonchev–Trinajstić information content (AvgIpc) is 2.26. The molecule has 17 heavy (non-hydrogen) atoms. The maximum atomic E-state index is 10.9. The Balaban J connectivity index is 2.80. The lowest BCUT2D eigenvalue weighted by Gasteiger charge is -2.15. The predicted octanol–water partition coefficient (Wildman–Crippen LogP) is 1.55. The van der Waals surface area contributed by atoms with Crippen molar-refractivity contribution in [3.8, 4) is 5.75 Å². The van der Waals surface area contributed by atoms with Crippen molar-refractivity contribution in [2.45, 2.75) is 26.9 Å². The summed E-state index contributed by atoms with van der Waals surface area (Å²) in [5.74, 6) is -0.146. The Bertz CT molecular complexity index is 402. The van der Waals surface area contributed by atoms with Gasteiger partial charge in [-0.2, -0.15) is 0 Å². The molecular weight excluding hydrogens is 218 g/mol. The van der Waals surface area contributed by atoms with Gasteiger partial charge in [-0.1, -0.05) is 18.6 Å². The molecule has 2 atom stereocenters. The number of amides is 1. The molecule has 1 rings (SSSR count). The van der Waals surface area contributed by atoms with E-state index in [1.807, 2.05) is 19.1 Å². The summed E-state index contributed by atoms with van der Waals surface area (Å²) < 4.78 is 5.52. The highest BCUT2D eigenvalue weighted by Crippen LogP contribution is 2.26. The number of aliphatic hydroxyl groups excluding tert-OH is 1. The van der Waals surface area contributed by atoms with E-state index in [1.165, 1.54) is 0 Å². The molecule has 0 heterocycles. The molecule has 3 N–H and O–H groups in total. The molecule has 4 heteroatoms. The van der Waals surface area contributed by atoms with Crippen molar-refractivity contribution in [3.63, 3.8) is 0 Å². The first-order valence-corrected chi connectivity index (χ1v) is 5.62. The number of hydrogen-bond acceptors (Lipinski definition) is 3. The second-order valence-electron chi connectivity index (χ2n) is 4.33. The van der Waals surface area contributed by atoms with Crippen molar-refractivity contribution in [1.29, 1.82) is 0 Å². The lowest BCUT2D eigenvalue weighted by Crippen LogP contribution is -2.26. The van der Waals surface area contributed by atoms with Crippen molar-refractivity contribution in [2.75, 3.05) is 6.61 Å². The third kappa shape index (κ3) is 3.75. The van der Waals surface area contributed by atoms with E-state index in [0.717, 1.165) is 11.1 Å². The molecule has 1 aromatic carbocycles. The minimum absolute atomic E-state index is 0.220. The topological polar surface area (TPSA) is 72.5 Å². The third-order valence-electron chi connectivity index (χ3n) is 2.59. The molecule has 4 nitrogen and oxygen atoms in total. The maximum absolute atomic E-state index is 10.9. The van der Waals surface area contributed by atoms with E-state index >= 15 is 0 Å². The first kappa shape index (κ1) is 13.5. The van der Waals surface area contributed by atoms with Gasteiger partial charge in [0.1, 0.15) is 5.75 Å². The van der Waals surface area contributed by atoms with Crippen LogP contribution in [-0.4, -0.2) is 17.6 Å². The molecule has 0 radical (unpaired) electrons. The molecule has 0 saturated heterocycles. The second kappa shape index (κ2) is 5.68. The van der Waals surface area contributed by atoms with E-state index in [0.29, 0.717) is 5.75 Å². The number of primary amides is 1. The molecule has 0 bridgehead atoms. The normalized spacial score (nSPS) is 14.1. The SMILES string of the molecule is Cc1ccc(OCC(C)C(N)=O)c(C(C)O)c1. The van der Waals surface area contributed by atoms with Crippen molar-refractivity contribution >= 4 is 5.91 Å². The van der Waals surface area contributed by atoms with E-state index in [2.05, 4.69) is 0 Å². The van der Waals surface area contributed by atoms with Crippen LogP contribution in [0.5, 0.6) is 5.75 Å². The Labute approximate surface area is 101 Å². The maximum Gasteiger partial charge on any atom is 0.223 e. The van der Waals surface area contributed by atoms with Gasteiger partial charge in [0.25, 0.3) is 0 Å². The van der Waals surface area contributed by atoms with E-state index in [1.54, 1.807) is 19.9 Å². The van der Waals surface area contributed by atoms with Gasteiger partial charge < -0.3 is 15.6 Å². The van der Waals surface area contributed by atoms with Crippen molar-refractivity contribution in [3.05, 3.63) is 29.3 Å². The van der Waals surface area contributed by atoms with Gasteiger partial charge in [-0.3, -0.25) is 4.79 Å². The van der Waals surface area contributed by atoms with Crippen molar-refractivity contribution < 1.29 is 14.6 Å². The van der Waals surface area contributed by atoms with Gasteiger partial charge in [-0.15, -0.1) is 0 Å². The second-order valence-corrected chi connectivity index (χ2v) is 4.33. The van der Waals surface area contributed by atoms with Crippen LogP contribution in [0.4, 0.5) is 0 Å². The summed E-state index contributed by atoms with van der Waals surface area (Å²) in [6.07, 6.45) is -0.603. The summed E-state index contributed by atoms with van der Waals surface area (Å²) in [7, 11) is 0. The highest BCUT2D eigenvalue weighted by Gasteiger charge is 2.13. The average molecular weight is 237 g/mol. The lowest BCUT2D eigenvalue weighted by atomic mass is 10.1. The quantitative estimate of drug-likeness (QED) is 0.816. The van der Waals surface area contributed by atoms with Crippen LogP contribution in [0.25, 0.3) is 0 Å². The number of ether oxygens (including phenoxy) is 1. The number of hydrogen-bond donors (Lipinski definition) is 2. The van der Waals surface area contributed by atoms with Gasteiger partial charge in [0.15, 0.2) is 0 Å². The molecule has 0 spiro atoms. The monoisotopic (exact) mass is 237 g/mol. The standard InChI is InChI=1S/C13H19NO3/c1-8-4-5-12(11(6-8)10(3)15)17-7-9(2)13(14)16/h4-6,9-10,15H,7H2,1-3H3,(H2,14,16). The van der Waals surface area contributed by atoms with Gasteiger partial charge in [-0.25, -0.2) is 0 Å². The Hall–Kier alpha value is -1.55. The minimum Gasteiger partial charge on any atom is -0.492 e. The molecule has 0 aliphatic heterocycles. The minimum atomic E-state index is -0.603. The van der Waals surface area contributed by atoms with Gasteiger partial charge in [0, 0.05) is 5.56 Å². The van der Waals surface area contributed by atoms with Gasteiger partial charge in [0.05, 0.1) is 18.6 Å². The highest BCUT2D eigenvalue weighted by atomic mass is 16.5. The van der Waals surface area contributed by atoms with Crippen LogP contribution in [0.1, 0.15) is 31.1 Å². The molecule has 0 fully saturated rings. The van der Waals surface area contributed by atoms with E-state index in [9.17, 15) is 9.90 Å². The van der Waals surface area contributed by atoms with Crippen molar-refractivity contribution in [1.82, 2.24) is 0 Å². The molecule has 0 aromatic heterocycles. The number of rotatable bonds is 5. The molecule has 0 aliphatic carbocycles. The summed E-state index contributed by atoms with van der Waals surface area (Å²) in [6, 6.07) is 5.57. The fraction of sp³-hybridized carbons (Fsp3) is 0.462. The fourth-order valence-electron chi connectivity index (χ4n) is 1.42. The summed E-state index contributed by atoms with van der Waals surface area (Å²) in [5, 5.41) is 9.63. The first-order valence-electron chi connectivity index (χ1n) is 5.62. The largest absolute Gasteiger partial charge is 0.492 e. The van der Waals surface area contributed by atoms with E-state index in [-0.39, 0.29) is 12.5 Å². The van der Waals surface area contributed by atoms with Crippen LogP contribution >= 0.6 is 0 Å². The Morgan fingerprint density at radius 1 is 1.47 bits per heavy atom. The number of carbonyl (C=O) groups excluding carboxylic acids is 1. The number of carbonyl (C=O) groups is 1. The number of nitrogens with two attached hydrogens (primary N) is 1. The summed E-state index contributed by atoms with van der Waals surface area (Å²) >= 11 is 0. The summed E-state index contributed by atoms with van der Waals surface area (Å²) in [5.41, 5.74) is 6.93. The fourth-order valence-corrected chi connectivity index (χ4v) is 1.42. The van der Waals surface area contributed by atoms with Crippen molar-refractivity contribution in [2.24, 2.45) is 11.7 Å². The molecule has 0 saturated carbocycles. The lowest BCUT2D eigenvalue weighted by molar-refractivity contribution is -0.122. The van der Waals surface area contributed by atoms with E-state index in [4.69, 9.17) is 10.5 Å². The smallest absolute Gasteiger partial charge is 0.223 e. The van der Waals surface area contributed by atoms with Crippen LogP contribution in [0, 0.1) is 12.8 Å². The number of aryl methyl sites for hydroxylation is 1. The van der Waals surface area contributed by atoms with Crippen LogP contribution in [-0.2, 0) is 4.79 Å². The Morgan fingerprint density at radius 3 is 2.65 bits per heavy atom. The first-order chi connectivity index (χ1) is 7.91. The predicted molar refractivity (Wildman–Crippen MR) is 65.7 cm³/mol. The van der Waals surface area contributed by atoms with Gasteiger partial charge >= 0.3 is 0 Å². The van der Waals surface area contributed by atoms with Crippen LogP contribution in [0.15, 0.2) is 18.2 Å². The van der Waals surface area contributed by atoms with Gasteiger partial charge in [0.2, 0.25) is 5.91 Å². The molecule has 1 amide bonds. The van der Waals surface area contributed by atoms with E-state index < -0.39 is 12.0 Å². The summed E-state index contributed by atoms with van der Waals surface area (Å²) in [6.45, 7) is 5.55. The zero-order chi connectivity index (χ0) is 13.0. The molecule has 94 valence electrons. The number of benzene rings is 1. The molecule has 1 aromatic rings. The summed E-state index contributed by atoms with van der Waals surface area (Å²) in [4.78, 5) is 10.9. The molecule has 2 unspecified atom stereocenters. The third-order valence-corrected chi connectivity index (χ3v) is 2.59. The Kier molecular flexibility index (Phi) is 4.52. The zero-order valence-corrected chi connectivity index (χ0v) is 10.4. The molecule has 0 aliphatic rings. The zero-order valence-electron chi connectivity index (χ0n) is 10.4. The highest BCUT2D eigenvalue weighted by molar-refractivity contribution is 5.76. The van der Waals surface area contributed by atoms with Crippen LogP contribution in [0.3, 0.4) is 0 Å². The molecular formula is C13H19NO3. The van der Waals surface area contributed by atoms with Gasteiger partial charge in [-0.05, 0) is 26.0 Å². The van der Waals surface area contributed by atoms with Crippen LogP contribution in [0.2, 0.25) is 0 Å². The van der Waals surface area contributed by atoms with Crippen LogP contribution < -0.4 is 10.5 Å². The Morgan fingerprint density at radius 2 is 2.12 bits per heavy atom. The number of aliphatic hydroxyl groups is 1.